The topological polar surface area (TPSA) is 54.4 Å². The molecule has 2 aliphatic rings. The Morgan fingerprint density at radius 1 is 1.10 bits per heavy atom. The van der Waals surface area contributed by atoms with Crippen molar-refractivity contribution in [1.82, 2.24) is 0 Å². The molecule has 2 rings (SSSR count). The molecule has 2 aliphatic carbocycles. The predicted molar refractivity (Wildman–Crippen MR) is 82.3 cm³/mol. The largest absolute Gasteiger partial charge is 0.393 e. The van der Waals surface area contributed by atoms with Gasteiger partial charge in [0.2, 0.25) is 0 Å². The van der Waals surface area contributed by atoms with E-state index < -0.39 is 9.84 Å². The van der Waals surface area contributed by atoms with Crippen LogP contribution in [0.15, 0.2) is 0 Å². The number of hydrogen-bond acceptors (Lipinski definition) is 3. The lowest BCUT2D eigenvalue weighted by atomic mass is 9.68. The molecule has 0 amide bonds. The molecule has 5 unspecified atom stereocenters. The van der Waals surface area contributed by atoms with E-state index in [0.29, 0.717) is 11.8 Å². The van der Waals surface area contributed by atoms with Gasteiger partial charge in [0.25, 0.3) is 0 Å². The second kappa shape index (κ2) is 6.78. The standard InChI is InChI=1S/C16H30O3S/c1-3-5-12-8-9-16(17)15(10-12)13-6-4-7-14(11-13)20(2,18)19/h12-17H,3-11H2,1-2H3. The third kappa shape index (κ3) is 3.97. The molecule has 4 heteroatoms. The van der Waals surface area contributed by atoms with Crippen molar-refractivity contribution < 1.29 is 13.5 Å². The number of aliphatic hydroxyl groups excluding tert-OH is 1. The zero-order chi connectivity index (χ0) is 14.8. The Morgan fingerprint density at radius 2 is 1.85 bits per heavy atom. The summed E-state index contributed by atoms with van der Waals surface area (Å²) in [7, 11) is -2.92. The van der Waals surface area contributed by atoms with Crippen molar-refractivity contribution in [2.24, 2.45) is 17.8 Å². The molecule has 2 saturated carbocycles. The molecular formula is C16H30O3S. The first-order valence-corrected chi connectivity index (χ1v) is 10.2. The van der Waals surface area contributed by atoms with Crippen molar-refractivity contribution in [2.75, 3.05) is 6.26 Å². The van der Waals surface area contributed by atoms with Gasteiger partial charge in [-0.2, -0.15) is 0 Å². The Labute approximate surface area is 124 Å². The van der Waals surface area contributed by atoms with Crippen molar-refractivity contribution >= 4 is 9.84 Å². The summed E-state index contributed by atoms with van der Waals surface area (Å²) >= 11 is 0. The molecule has 20 heavy (non-hydrogen) atoms. The van der Waals surface area contributed by atoms with Gasteiger partial charge in [-0.3, -0.25) is 0 Å². The third-order valence-electron chi connectivity index (χ3n) is 5.54. The average molecular weight is 302 g/mol. The first-order valence-electron chi connectivity index (χ1n) is 8.28. The van der Waals surface area contributed by atoms with Crippen molar-refractivity contribution in [3.63, 3.8) is 0 Å². The van der Waals surface area contributed by atoms with Crippen LogP contribution < -0.4 is 0 Å². The average Bonchev–Trinajstić information content (AvgIpc) is 2.40. The second-order valence-corrected chi connectivity index (χ2v) is 9.40. The van der Waals surface area contributed by atoms with Crippen LogP contribution in [0, 0.1) is 17.8 Å². The fraction of sp³-hybridized carbons (Fsp3) is 1.00. The van der Waals surface area contributed by atoms with E-state index in [1.54, 1.807) is 0 Å². The highest BCUT2D eigenvalue weighted by atomic mass is 32.2. The minimum Gasteiger partial charge on any atom is -0.393 e. The van der Waals surface area contributed by atoms with Gasteiger partial charge in [-0.15, -0.1) is 0 Å². The SMILES string of the molecule is CCCC1CCC(O)C(C2CCCC(S(C)(=O)=O)C2)C1. The van der Waals surface area contributed by atoms with Crippen LogP contribution in [0.3, 0.4) is 0 Å². The van der Waals surface area contributed by atoms with E-state index in [2.05, 4.69) is 6.92 Å². The Bertz CT molecular complexity index is 404. The van der Waals surface area contributed by atoms with Gasteiger partial charge in [0.15, 0.2) is 0 Å². The first-order chi connectivity index (χ1) is 9.41. The van der Waals surface area contributed by atoms with Gasteiger partial charge in [0.05, 0.1) is 11.4 Å². The predicted octanol–water partition coefficient (Wildman–Crippen LogP) is 3.17. The molecule has 0 saturated heterocycles. The molecule has 1 N–H and O–H groups in total. The highest BCUT2D eigenvalue weighted by Crippen LogP contribution is 2.42. The van der Waals surface area contributed by atoms with Crippen LogP contribution in [-0.4, -0.2) is 31.1 Å². The van der Waals surface area contributed by atoms with Crippen LogP contribution in [0.25, 0.3) is 0 Å². The summed E-state index contributed by atoms with van der Waals surface area (Å²) in [6, 6.07) is 0. The Kier molecular flexibility index (Phi) is 5.52. The Morgan fingerprint density at radius 3 is 2.50 bits per heavy atom. The molecule has 0 aromatic heterocycles. The summed E-state index contributed by atoms with van der Waals surface area (Å²) in [5.74, 6) is 1.50. The van der Waals surface area contributed by atoms with E-state index in [9.17, 15) is 13.5 Å². The van der Waals surface area contributed by atoms with Gasteiger partial charge in [-0.25, -0.2) is 8.42 Å². The first kappa shape index (κ1) is 16.3. The van der Waals surface area contributed by atoms with Crippen molar-refractivity contribution in [2.45, 2.75) is 76.1 Å². The molecule has 0 radical (unpaired) electrons. The van der Waals surface area contributed by atoms with Crippen molar-refractivity contribution in [3.8, 4) is 0 Å². The molecule has 2 fully saturated rings. The summed E-state index contributed by atoms with van der Waals surface area (Å²) < 4.78 is 23.6. The normalized spacial score (nSPS) is 39.6. The summed E-state index contributed by atoms with van der Waals surface area (Å²) in [5.41, 5.74) is 0. The monoisotopic (exact) mass is 302 g/mol. The molecule has 0 bridgehead atoms. The molecule has 0 aliphatic heterocycles. The smallest absolute Gasteiger partial charge is 0.150 e. The Balaban J connectivity index is 2.01. The number of sulfone groups is 1. The second-order valence-electron chi connectivity index (χ2n) is 7.08. The highest BCUT2D eigenvalue weighted by Gasteiger charge is 2.38. The third-order valence-corrected chi connectivity index (χ3v) is 7.18. The van der Waals surface area contributed by atoms with Crippen molar-refractivity contribution in [3.05, 3.63) is 0 Å². The summed E-state index contributed by atoms with van der Waals surface area (Å²) in [6.45, 7) is 2.22. The van der Waals surface area contributed by atoms with Gasteiger partial charge in [-0.1, -0.05) is 32.6 Å². The van der Waals surface area contributed by atoms with Gasteiger partial charge in [-0.05, 0) is 49.9 Å². The number of aliphatic hydroxyl groups is 1. The summed E-state index contributed by atoms with van der Waals surface area (Å²) in [4.78, 5) is 0. The van der Waals surface area contributed by atoms with E-state index in [4.69, 9.17) is 0 Å². The molecule has 0 aromatic rings. The number of rotatable bonds is 4. The van der Waals surface area contributed by atoms with E-state index in [1.807, 2.05) is 0 Å². The lowest BCUT2D eigenvalue weighted by molar-refractivity contribution is 0.00563. The molecule has 118 valence electrons. The zero-order valence-corrected chi connectivity index (χ0v) is 13.7. The Hall–Kier alpha value is -0.0900. The maximum Gasteiger partial charge on any atom is 0.150 e. The van der Waals surface area contributed by atoms with Gasteiger partial charge in [0.1, 0.15) is 9.84 Å². The molecule has 0 spiro atoms. The summed E-state index contributed by atoms with van der Waals surface area (Å²) in [5, 5.41) is 10.2. The quantitative estimate of drug-likeness (QED) is 0.868. The van der Waals surface area contributed by atoms with Gasteiger partial charge < -0.3 is 5.11 Å². The molecule has 0 heterocycles. The van der Waals surface area contributed by atoms with E-state index in [0.717, 1.165) is 50.9 Å². The van der Waals surface area contributed by atoms with Crippen LogP contribution in [0.4, 0.5) is 0 Å². The number of hydrogen-bond donors (Lipinski definition) is 1. The van der Waals surface area contributed by atoms with Crippen LogP contribution >= 0.6 is 0 Å². The zero-order valence-electron chi connectivity index (χ0n) is 12.9. The minimum atomic E-state index is -2.92. The van der Waals surface area contributed by atoms with E-state index >= 15 is 0 Å². The van der Waals surface area contributed by atoms with Crippen LogP contribution in [0.1, 0.15) is 64.7 Å². The minimum absolute atomic E-state index is 0.167. The summed E-state index contributed by atoms with van der Waals surface area (Å²) in [6.07, 6.45) is 10.5. The lowest BCUT2D eigenvalue weighted by Gasteiger charge is -2.41. The van der Waals surface area contributed by atoms with E-state index in [1.165, 1.54) is 19.1 Å². The van der Waals surface area contributed by atoms with Crippen LogP contribution in [0.2, 0.25) is 0 Å². The maximum absolute atomic E-state index is 11.8. The molecule has 0 aromatic carbocycles. The van der Waals surface area contributed by atoms with Crippen LogP contribution in [0.5, 0.6) is 0 Å². The van der Waals surface area contributed by atoms with E-state index in [-0.39, 0.29) is 11.4 Å². The highest BCUT2D eigenvalue weighted by molar-refractivity contribution is 7.91. The van der Waals surface area contributed by atoms with Crippen LogP contribution in [-0.2, 0) is 9.84 Å². The maximum atomic E-state index is 11.8. The fourth-order valence-corrected chi connectivity index (χ4v) is 5.61. The molecule has 3 nitrogen and oxygen atoms in total. The fourth-order valence-electron chi connectivity index (χ4n) is 4.42. The van der Waals surface area contributed by atoms with Gasteiger partial charge in [0, 0.05) is 6.26 Å². The lowest BCUT2D eigenvalue weighted by Crippen LogP contribution is -2.39. The van der Waals surface area contributed by atoms with Crippen molar-refractivity contribution in [1.29, 1.82) is 0 Å². The van der Waals surface area contributed by atoms with Gasteiger partial charge >= 0.3 is 0 Å². The molecular weight excluding hydrogens is 272 g/mol. The molecule has 5 atom stereocenters.